The SMILES string of the molecule is CC(=O)O.CCCC(CCC)S(=O)(=O)CC(CNC(=O)c1ccccc1)C(=O)O[C@H](CNCc1cccc(CC)c1)[C@@H](N)Cc1cc(F)cc(F)c1. The molecule has 0 saturated heterocycles. The van der Waals surface area contributed by atoms with Gasteiger partial charge in [0.05, 0.1) is 16.9 Å². The first-order valence-corrected chi connectivity index (χ1v) is 19.3. The van der Waals surface area contributed by atoms with Gasteiger partial charge in [-0.05, 0) is 66.6 Å². The molecule has 3 atom stereocenters. The van der Waals surface area contributed by atoms with Crippen LogP contribution in [-0.2, 0) is 43.5 Å². The van der Waals surface area contributed by atoms with Crippen LogP contribution < -0.4 is 16.4 Å². The van der Waals surface area contributed by atoms with Crippen molar-refractivity contribution in [3.63, 3.8) is 0 Å². The fourth-order valence-electron chi connectivity index (χ4n) is 5.66. The number of carboxylic acids is 1. The van der Waals surface area contributed by atoms with Crippen LogP contribution in [0.2, 0.25) is 0 Å². The van der Waals surface area contributed by atoms with Crippen LogP contribution >= 0.6 is 0 Å². The number of carbonyl (C=O) groups is 3. The number of benzene rings is 3. The van der Waals surface area contributed by atoms with Gasteiger partial charge in [-0.25, -0.2) is 17.2 Å². The second-order valence-corrected chi connectivity index (χ2v) is 15.1. The Balaban J connectivity index is 0.00000222. The summed E-state index contributed by atoms with van der Waals surface area (Å²) < 4.78 is 61.1. The van der Waals surface area contributed by atoms with Gasteiger partial charge in [-0.2, -0.15) is 0 Å². The molecule has 0 heterocycles. The molecule has 0 saturated carbocycles. The van der Waals surface area contributed by atoms with E-state index >= 15 is 0 Å². The van der Waals surface area contributed by atoms with Crippen molar-refractivity contribution in [1.29, 1.82) is 0 Å². The molecule has 0 radical (unpaired) electrons. The second kappa shape index (κ2) is 22.7. The van der Waals surface area contributed by atoms with Gasteiger partial charge in [0.15, 0.2) is 9.84 Å². The average Bonchev–Trinajstić information content (AvgIpc) is 3.09. The van der Waals surface area contributed by atoms with E-state index in [0.717, 1.165) is 30.5 Å². The first-order chi connectivity index (χ1) is 24.7. The molecule has 0 aliphatic carbocycles. The zero-order valence-corrected chi connectivity index (χ0v) is 31.3. The number of ether oxygens (including phenoxy) is 1. The highest BCUT2D eigenvalue weighted by atomic mass is 32.2. The molecule has 3 aromatic rings. The van der Waals surface area contributed by atoms with E-state index in [1.165, 1.54) is 12.1 Å². The molecule has 10 nitrogen and oxygen atoms in total. The van der Waals surface area contributed by atoms with Gasteiger partial charge in [0.2, 0.25) is 0 Å². The van der Waals surface area contributed by atoms with Crippen molar-refractivity contribution in [3.05, 3.63) is 107 Å². The van der Waals surface area contributed by atoms with Gasteiger partial charge in [-0.3, -0.25) is 14.4 Å². The number of aryl methyl sites for hydroxylation is 1. The topological polar surface area (TPSA) is 165 Å². The van der Waals surface area contributed by atoms with E-state index in [0.29, 0.717) is 37.8 Å². The molecule has 1 amide bonds. The van der Waals surface area contributed by atoms with Crippen LogP contribution in [0.5, 0.6) is 0 Å². The lowest BCUT2D eigenvalue weighted by Crippen LogP contribution is -2.48. The van der Waals surface area contributed by atoms with Gasteiger partial charge < -0.3 is 26.2 Å². The number of hydrogen-bond donors (Lipinski definition) is 4. The third-order valence-electron chi connectivity index (χ3n) is 8.25. The lowest BCUT2D eigenvalue weighted by Gasteiger charge is -2.28. The molecule has 3 rings (SSSR count). The lowest BCUT2D eigenvalue weighted by molar-refractivity contribution is -0.154. The number of esters is 1. The van der Waals surface area contributed by atoms with Crippen molar-refractivity contribution < 1.29 is 41.4 Å². The fourth-order valence-corrected chi connectivity index (χ4v) is 7.93. The molecular weight excluding hydrogens is 693 g/mol. The Kier molecular flexibility index (Phi) is 19.2. The highest BCUT2D eigenvalue weighted by Crippen LogP contribution is 2.20. The van der Waals surface area contributed by atoms with E-state index in [-0.39, 0.29) is 25.1 Å². The maximum absolute atomic E-state index is 14.0. The average molecular weight is 746 g/mol. The minimum atomic E-state index is -3.76. The quantitative estimate of drug-likeness (QED) is 0.108. The molecule has 0 bridgehead atoms. The van der Waals surface area contributed by atoms with Gasteiger partial charge >= 0.3 is 5.97 Å². The van der Waals surface area contributed by atoms with Crippen LogP contribution in [0.15, 0.2) is 72.8 Å². The summed E-state index contributed by atoms with van der Waals surface area (Å²) >= 11 is 0. The van der Waals surface area contributed by atoms with E-state index in [1.54, 1.807) is 30.3 Å². The maximum atomic E-state index is 14.0. The van der Waals surface area contributed by atoms with E-state index in [9.17, 15) is 26.8 Å². The summed E-state index contributed by atoms with van der Waals surface area (Å²) in [5.74, 6) is -5.37. The number of carboxylic acid groups (broad SMARTS) is 1. The molecule has 13 heteroatoms. The van der Waals surface area contributed by atoms with E-state index in [4.69, 9.17) is 20.4 Å². The summed E-state index contributed by atoms with van der Waals surface area (Å²) in [6.07, 6.45) is 2.09. The molecule has 0 spiro atoms. The molecule has 0 aromatic heterocycles. The van der Waals surface area contributed by atoms with Gasteiger partial charge in [-0.15, -0.1) is 0 Å². The van der Waals surface area contributed by atoms with Gasteiger partial charge in [0.25, 0.3) is 11.9 Å². The number of nitrogens with one attached hydrogen (secondary N) is 2. The summed E-state index contributed by atoms with van der Waals surface area (Å²) in [5.41, 5.74) is 9.34. The van der Waals surface area contributed by atoms with Crippen molar-refractivity contribution in [1.82, 2.24) is 10.6 Å². The monoisotopic (exact) mass is 745 g/mol. The Morgan fingerprint density at radius 2 is 1.44 bits per heavy atom. The molecule has 286 valence electrons. The number of nitrogens with two attached hydrogens (primary N) is 1. The maximum Gasteiger partial charge on any atom is 0.312 e. The number of rotatable bonds is 20. The minimum absolute atomic E-state index is 0.0115. The summed E-state index contributed by atoms with van der Waals surface area (Å²) in [7, 11) is -3.76. The summed E-state index contributed by atoms with van der Waals surface area (Å²) in [5, 5.41) is 12.8. The first-order valence-electron chi connectivity index (χ1n) is 17.6. The molecular formula is C39H53F2N3O7S. The Bertz CT molecular complexity index is 1650. The smallest absolute Gasteiger partial charge is 0.312 e. The summed E-state index contributed by atoms with van der Waals surface area (Å²) in [4.78, 5) is 35.7. The Labute approximate surface area is 306 Å². The van der Waals surface area contributed by atoms with Crippen LogP contribution in [0, 0.1) is 17.6 Å². The highest BCUT2D eigenvalue weighted by molar-refractivity contribution is 7.92. The third kappa shape index (κ3) is 16.0. The number of amides is 1. The largest absolute Gasteiger partial charge is 0.481 e. The van der Waals surface area contributed by atoms with Crippen LogP contribution in [0.4, 0.5) is 8.78 Å². The predicted molar refractivity (Wildman–Crippen MR) is 198 cm³/mol. The summed E-state index contributed by atoms with van der Waals surface area (Å²) in [6, 6.07) is 18.6. The van der Waals surface area contributed by atoms with Gasteiger partial charge in [0, 0.05) is 44.2 Å². The summed E-state index contributed by atoms with van der Waals surface area (Å²) in [6.45, 7) is 7.21. The lowest BCUT2D eigenvalue weighted by atomic mass is 10.0. The normalized spacial score (nSPS) is 13.0. The molecule has 0 aliphatic heterocycles. The van der Waals surface area contributed by atoms with Gasteiger partial charge in [0.1, 0.15) is 17.7 Å². The second-order valence-electron chi connectivity index (χ2n) is 12.7. The molecule has 0 aliphatic rings. The minimum Gasteiger partial charge on any atom is -0.481 e. The van der Waals surface area contributed by atoms with Crippen molar-refractivity contribution in [2.24, 2.45) is 11.7 Å². The van der Waals surface area contributed by atoms with E-state index in [2.05, 4.69) is 23.6 Å². The van der Waals surface area contributed by atoms with E-state index < -0.39 is 68.4 Å². The predicted octanol–water partition coefficient (Wildman–Crippen LogP) is 5.62. The molecule has 52 heavy (non-hydrogen) atoms. The van der Waals surface area contributed by atoms with E-state index in [1.807, 2.05) is 32.0 Å². The van der Waals surface area contributed by atoms with Crippen LogP contribution in [-0.4, -0.2) is 67.6 Å². The van der Waals surface area contributed by atoms with Crippen molar-refractivity contribution in [3.8, 4) is 0 Å². The molecule has 1 unspecified atom stereocenters. The van der Waals surface area contributed by atoms with Crippen LogP contribution in [0.25, 0.3) is 0 Å². The zero-order chi connectivity index (χ0) is 38.7. The number of sulfone groups is 1. The highest BCUT2D eigenvalue weighted by Gasteiger charge is 2.34. The van der Waals surface area contributed by atoms with Crippen LogP contribution in [0.3, 0.4) is 0 Å². The molecule has 0 fully saturated rings. The van der Waals surface area contributed by atoms with Crippen molar-refractivity contribution in [2.75, 3.05) is 18.8 Å². The Morgan fingerprint density at radius 3 is 2.02 bits per heavy atom. The third-order valence-corrected chi connectivity index (χ3v) is 10.6. The number of hydrogen-bond acceptors (Lipinski definition) is 8. The Morgan fingerprint density at radius 1 is 0.846 bits per heavy atom. The number of aliphatic carboxylic acids is 1. The van der Waals surface area contributed by atoms with Crippen molar-refractivity contribution >= 4 is 27.7 Å². The fraction of sp³-hybridized carbons (Fsp3) is 0.462. The number of carbonyl (C=O) groups excluding carboxylic acids is 2. The number of halogens is 2. The Hall–Kier alpha value is -4.20. The standard InChI is InChI=1S/C37H49F2N3O5S.C2H4O2/c1-4-11-33(12-5-2)48(45,46)25-30(23-42-36(43)29-15-8-7-9-16-29)37(44)47-35(24-41-22-27-14-10-13-26(6-3)17-27)34(40)20-28-18-31(38)21-32(39)19-28;1-2(3)4/h7-10,13-19,21,30,33-35,41H,4-6,11-12,20,22-25,40H2,1-3H3,(H,42,43);1H3,(H,3,4)/t30?,34-,35+;/m0./s1. The van der Waals surface area contributed by atoms with Crippen molar-refractivity contribution in [2.45, 2.75) is 90.2 Å². The zero-order valence-electron chi connectivity index (χ0n) is 30.4. The van der Waals surface area contributed by atoms with Gasteiger partial charge in [-0.1, -0.05) is 76.1 Å². The van der Waals surface area contributed by atoms with Crippen LogP contribution in [0.1, 0.15) is 80.4 Å². The first kappa shape index (κ1) is 44.0. The molecule has 3 aromatic carbocycles. The molecule has 5 N–H and O–H groups in total.